The number of hydrogen-bond donors (Lipinski definition) is 0. The molecule has 2 aliphatic heterocycles. The highest BCUT2D eigenvalue weighted by molar-refractivity contribution is 5.84. The van der Waals surface area contributed by atoms with Crippen LogP contribution < -0.4 is 0 Å². The Hall–Kier alpha value is -2.69. The van der Waals surface area contributed by atoms with Gasteiger partial charge in [-0.25, -0.2) is 9.18 Å². The zero-order chi connectivity index (χ0) is 20.4. The van der Waals surface area contributed by atoms with E-state index in [1.165, 1.54) is 0 Å². The Bertz CT molecular complexity index is 884. The predicted molar refractivity (Wildman–Crippen MR) is 108 cm³/mol. The molecule has 0 N–H and O–H groups in total. The van der Waals surface area contributed by atoms with E-state index >= 15 is 0 Å². The summed E-state index contributed by atoms with van der Waals surface area (Å²) in [5.74, 6) is -0.333. The lowest BCUT2D eigenvalue weighted by Crippen LogP contribution is -2.48. The third-order valence-corrected chi connectivity index (χ3v) is 6.24. The summed E-state index contributed by atoms with van der Waals surface area (Å²) in [5.41, 5.74) is 1.98. The topological polar surface area (TPSA) is 46.6 Å². The average Bonchev–Trinajstić information content (AvgIpc) is 2.99. The number of Topliss-reactive ketones (excluding diaryl/α,β-unsaturated/α-hetero) is 1. The van der Waals surface area contributed by atoms with Crippen LogP contribution in [0.2, 0.25) is 0 Å². The Morgan fingerprint density at radius 3 is 2.41 bits per heavy atom. The molecule has 5 heteroatoms. The van der Waals surface area contributed by atoms with Gasteiger partial charge in [0.1, 0.15) is 18.2 Å². The van der Waals surface area contributed by atoms with E-state index in [1.54, 1.807) is 25.1 Å². The molecule has 0 aliphatic carbocycles. The molecule has 1 amide bonds. The van der Waals surface area contributed by atoms with Crippen molar-refractivity contribution in [1.82, 2.24) is 4.90 Å². The normalized spacial score (nSPS) is 23.1. The summed E-state index contributed by atoms with van der Waals surface area (Å²) in [5, 5.41) is 0. The molecule has 2 saturated heterocycles. The second-order valence-electron chi connectivity index (χ2n) is 8.19. The molecule has 0 spiro atoms. The van der Waals surface area contributed by atoms with Crippen molar-refractivity contribution in [1.29, 1.82) is 0 Å². The Balaban J connectivity index is 1.36. The molecule has 0 radical (unpaired) electrons. The van der Waals surface area contributed by atoms with Crippen molar-refractivity contribution in [3.63, 3.8) is 0 Å². The molecule has 0 aromatic heterocycles. The fourth-order valence-corrected chi connectivity index (χ4v) is 4.71. The minimum atomic E-state index is -0.294. The van der Waals surface area contributed by atoms with Crippen LogP contribution in [0.1, 0.15) is 42.4 Å². The van der Waals surface area contributed by atoms with Gasteiger partial charge in [-0.1, -0.05) is 48.5 Å². The van der Waals surface area contributed by atoms with E-state index in [0.717, 1.165) is 18.4 Å². The highest BCUT2D eigenvalue weighted by Crippen LogP contribution is 2.40. The second-order valence-corrected chi connectivity index (χ2v) is 8.19. The molecule has 2 aromatic carbocycles. The predicted octanol–water partition coefficient (Wildman–Crippen LogP) is 4.83. The van der Waals surface area contributed by atoms with Gasteiger partial charge in [0.25, 0.3) is 0 Å². The van der Waals surface area contributed by atoms with Gasteiger partial charge in [-0.3, -0.25) is 4.79 Å². The number of carbonyl (C=O) groups excluding carboxylic acids is 2. The molecule has 29 heavy (non-hydrogen) atoms. The van der Waals surface area contributed by atoms with E-state index in [9.17, 15) is 14.0 Å². The van der Waals surface area contributed by atoms with Crippen LogP contribution in [0.25, 0.3) is 0 Å². The number of ketones is 1. The number of rotatable bonds is 5. The van der Waals surface area contributed by atoms with Crippen LogP contribution in [-0.4, -0.2) is 28.9 Å². The van der Waals surface area contributed by atoms with Crippen molar-refractivity contribution in [2.24, 2.45) is 5.92 Å². The summed E-state index contributed by atoms with van der Waals surface area (Å²) in [7, 11) is 0. The van der Waals surface area contributed by atoms with Gasteiger partial charge in [-0.2, -0.15) is 0 Å². The monoisotopic (exact) mass is 395 g/mol. The van der Waals surface area contributed by atoms with Gasteiger partial charge in [0.05, 0.1) is 0 Å². The van der Waals surface area contributed by atoms with Gasteiger partial charge >= 0.3 is 6.09 Å². The maximum Gasteiger partial charge on any atom is 0.410 e. The average molecular weight is 395 g/mol. The van der Waals surface area contributed by atoms with E-state index in [2.05, 4.69) is 0 Å². The molecule has 2 aromatic rings. The number of nitrogens with zero attached hydrogens (tertiary/aromatic N) is 1. The quantitative estimate of drug-likeness (QED) is 0.729. The third-order valence-electron chi connectivity index (χ3n) is 6.24. The summed E-state index contributed by atoms with van der Waals surface area (Å²) >= 11 is 0. The Morgan fingerprint density at radius 1 is 1.03 bits per heavy atom. The second kappa shape index (κ2) is 8.36. The highest BCUT2D eigenvalue weighted by Gasteiger charge is 2.45. The van der Waals surface area contributed by atoms with Gasteiger partial charge in [-0.15, -0.1) is 0 Å². The molecule has 4 rings (SSSR count). The summed E-state index contributed by atoms with van der Waals surface area (Å²) < 4.78 is 19.8. The molecule has 2 heterocycles. The fraction of sp³-hybridized carbons (Fsp3) is 0.417. The number of benzene rings is 2. The zero-order valence-corrected chi connectivity index (χ0v) is 16.6. The molecule has 2 atom stereocenters. The number of hydrogen-bond acceptors (Lipinski definition) is 3. The van der Waals surface area contributed by atoms with Crippen LogP contribution >= 0.6 is 0 Å². The van der Waals surface area contributed by atoms with Crippen LogP contribution in [0, 0.1) is 18.7 Å². The van der Waals surface area contributed by atoms with Crippen molar-refractivity contribution < 1.29 is 18.7 Å². The first kappa shape index (κ1) is 19.6. The zero-order valence-electron chi connectivity index (χ0n) is 16.6. The van der Waals surface area contributed by atoms with Crippen LogP contribution in [-0.2, 0) is 22.6 Å². The standard InChI is InChI=1S/C24H26FNO3/c1-16-6-5-9-18(23(16)25)14-22(27)19-12-20-10-11-21(13-19)26(20)24(28)29-15-17-7-3-2-4-8-17/h2-9,19-21H,10-15H2,1H3. The molecule has 0 saturated carbocycles. The van der Waals surface area contributed by atoms with Crippen molar-refractivity contribution in [3.8, 4) is 0 Å². The van der Waals surface area contributed by atoms with Crippen molar-refractivity contribution in [2.45, 2.75) is 57.7 Å². The lowest BCUT2D eigenvalue weighted by Gasteiger charge is -2.37. The largest absolute Gasteiger partial charge is 0.445 e. The number of aryl methyl sites for hydroxylation is 1. The minimum absolute atomic E-state index is 0.0355. The van der Waals surface area contributed by atoms with E-state index in [1.807, 2.05) is 35.2 Å². The molecule has 4 nitrogen and oxygen atoms in total. The maximum absolute atomic E-state index is 14.3. The molecule has 2 aliphatic rings. The Labute approximate surface area is 170 Å². The molecular weight excluding hydrogens is 369 g/mol. The lowest BCUT2D eigenvalue weighted by atomic mass is 9.85. The minimum Gasteiger partial charge on any atom is -0.445 e. The molecule has 2 bridgehead atoms. The van der Waals surface area contributed by atoms with Crippen molar-refractivity contribution in [3.05, 3.63) is 71.0 Å². The summed E-state index contributed by atoms with van der Waals surface area (Å²) in [4.78, 5) is 27.3. The van der Waals surface area contributed by atoms with Crippen molar-refractivity contribution >= 4 is 11.9 Å². The molecular formula is C24H26FNO3. The van der Waals surface area contributed by atoms with Crippen molar-refractivity contribution in [2.75, 3.05) is 0 Å². The van der Waals surface area contributed by atoms with Crippen LogP contribution in [0.5, 0.6) is 0 Å². The van der Waals surface area contributed by atoms with Gasteiger partial charge in [0.2, 0.25) is 0 Å². The van der Waals surface area contributed by atoms with E-state index in [-0.39, 0.29) is 48.7 Å². The number of fused-ring (bicyclic) bond motifs is 2. The van der Waals surface area contributed by atoms with Gasteiger partial charge in [-0.05, 0) is 49.3 Å². The summed E-state index contributed by atoms with van der Waals surface area (Å²) in [6.07, 6.45) is 2.90. The van der Waals surface area contributed by atoms with Crippen LogP contribution in [0.3, 0.4) is 0 Å². The summed E-state index contributed by atoms with van der Waals surface area (Å²) in [6, 6.07) is 14.9. The van der Waals surface area contributed by atoms with E-state index < -0.39 is 0 Å². The van der Waals surface area contributed by atoms with Gasteiger partial charge < -0.3 is 9.64 Å². The number of carbonyl (C=O) groups is 2. The fourth-order valence-electron chi connectivity index (χ4n) is 4.71. The Morgan fingerprint density at radius 2 is 1.72 bits per heavy atom. The molecule has 2 fully saturated rings. The third kappa shape index (κ3) is 4.19. The molecule has 2 unspecified atom stereocenters. The van der Waals surface area contributed by atoms with E-state index in [0.29, 0.717) is 24.0 Å². The molecule has 152 valence electrons. The Kier molecular flexibility index (Phi) is 5.65. The number of ether oxygens (including phenoxy) is 1. The first-order valence-electron chi connectivity index (χ1n) is 10.3. The maximum atomic E-state index is 14.3. The van der Waals surface area contributed by atoms with E-state index in [4.69, 9.17) is 4.74 Å². The van der Waals surface area contributed by atoms with Gasteiger partial charge in [0.15, 0.2) is 0 Å². The van der Waals surface area contributed by atoms with Gasteiger partial charge in [0, 0.05) is 24.4 Å². The number of piperidine rings is 1. The van der Waals surface area contributed by atoms with Crippen LogP contribution in [0.4, 0.5) is 9.18 Å². The number of amides is 1. The number of halogens is 1. The smallest absolute Gasteiger partial charge is 0.410 e. The SMILES string of the molecule is Cc1cccc(CC(=O)C2CC3CCC(C2)N3C(=O)OCc2ccccc2)c1F. The summed E-state index contributed by atoms with van der Waals surface area (Å²) in [6.45, 7) is 1.97. The lowest BCUT2D eigenvalue weighted by molar-refractivity contribution is -0.124. The van der Waals surface area contributed by atoms with Crippen LogP contribution in [0.15, 0.2) is 48.5 Å². The first-order valence-corrected chi connectivity index (χ1v) is 10.3. The first-order chi connectivity index (χ1) is 14.0. The highest BCUT2D eigenvalue weighted by atomic mass is 19.1.